The van der Waals surface area contributed by atoms with Gasteiger partial charge in [-0.3, -0.25) is 0 Å². The first-order chi connectivity index (χ1) is 9.38. The van der Waals surface area contributed by atoms with E-state index in [1.54, 1.807) is 0 Å². The van der Waals surface area contributed by atoms with Crippen molar-refractivity contribution in [2.45, 2.75) is 25.9 Å². The zero-order valence-electron chi connectivity index (χ0n) is 11.2. The van der Waals surface area contributed by atoms with Crippen LogP contribution in [0, 0.1) is 0 Å². The predicted molar refractivity (Wildman–Crippen MR) is 80.5 cm³/mol. The smallest absolute Gasteiger partial charge is 0.0491 e. The fourth-order valence-electron chi connectivity index (χ4n) is 3.20. The number of aryl methyl sites for hydroxylation is 1. The average molecular weight is 250 g/mol. The minimum Gasteiger partial charge on any atom is -0.341 e. The van der Waals surface area contributed by atoms with E-state index in [0.717, 1.165) is 13.1 Å². The fraction of sp³-hybridized carbons (Fsp3) is 0.294. The summed E-state index contributed by atoms with van der Waals surface area (Å²) in [6.45, 7) is 4.39. The van der Waals surface area contributed by atoms with Crippen LogP contribution in [-0.2, 0) is 6.54 Å². The lowest BCUT2D eigenvalue weighted by Gasteiger charge is -2.28. The monoisotopic (exact) mass is 250 g/mol. The van der Waals surface area contributed by atoms with E-state index in [2.05, 4.69) is 59.3 Å². The maximum Gasteiger partial charge on any atom is 0.0491 e. The average Bonchev–Trinajstić information content (AvgIpc) is 2.70. The van der Waals surface area contributed by atoms with Gasteiger partial charge in [-0.1, -0.05) is 24.3 Å². The van der Waals surface area contributed by atoms with Gasteiger partial charge in [-0.25, -0.2) is 0 Å². The standard InChI is InChI=1S/C17H18N2/c1-2-19-16-6-4-3-5-13(16)14-11-12(7-8-17(14)19)15-9-10-18-15/h3-8,11,15,18H,2,9-10H2,1H3/t15-/m0/s1. The van der Waals surface area contributed by atoms with Crippen molar-refractivity contribution in [2.75, 3.05) is 6.54 Å². The van der Waals surface area contributed by atoms with Crippen LogP contribution in [0.4, 0.5) is 0 Å². The van der Waals surface area contributed by atoms with Crippen LogP contribution in [-0.4, -0.2) is 11.1 Å². The summed E-state index contributed by atoms with van der Waals surface area (Å²) in [5, 5.41) is 6.26. The molecule has 1 aliphatic heterocycles. The molecular weight excluding hydrogens is 232 g/mol. The van der Waals surface area contributed by atoms with Crippen molar-refractivity contribution in [1.82, 2.24) is 9.88 Å². The summed E-state index contributed by atoms with van der Waals surface area (Å²) < 4.78 is 2.41. The SMILES string of the molecule is CCn1c2ccccc2c2cc([C@@H]3CCN3)ccc21. The highest BCUT2D eigenvalue weighted by atomic mass is 15.0. The lowest BCUT2D eigenvalue weighted by atomic mass is 9.96. The van der Waals surface area contributed by atoms with Crippen molar-refractivity contribution in [3.8, 4) is 0 Å². The van der Waals surface area contributed by atoms with Crippen LogP contribution in [0.3, 0.4) is 0 Å². The number of nitrogens with zero attached hydrogens (tertiary/aromatic N) is 1. The van der Waals surface area contributed by atoms with Crippen LogP contribution in [0.15, 0.2) is 42.5 Å². The van der Waals surface area contributed by atoms with E-state index in [1.165, 1.54) is 33.8 Å². The van der Waals surface area contributed by atoms with Gasteiger partial charge < -0.3 is 9.88 Å². The first kappa shape index (κ1) is 11.1. The summed E-state index contributed by atoms with van der Waals surface area (Å²) in [5.74, 6) is 0. The molecule has 2 heterocycles. The van der Waals surface area contributed by atoms with Crippen molar-refractivity contribution in [2.24, 2.45) is 0 Å². The summed E-state index contributed by atoms with van der Waals surface area (Å²) >= 11 is 0. The molecule has 2 heteroatoms. The molecule has 2 nitrogen and oxygen atoms in total. The van der Waals surface area contributed by atoms with Gasteiger partial charge >= 0.3 is 0 Å². The van der Waals surface area contributed by atoms with Crippen molar-refractivity contribution in [3.05, 3.63) is 48.0 Å². The summed E-state index contributed by atoms with van der Waals surface area (Å²) in [6, 6.07) is 16.2. The Morgan fingerprint density at radius 1 is 1.11 bits per heavy atom. The van der Waals surface area contributed by atoms with Crippen molar-refractivity contribution >= 4 is 21.8 Å². The van der Waals surface area contributed by atoms with Crippen molar-refractivity contribution in [3.63, 3.8) is 0 Å². The summed E-state index contributed by atoms with van der Waals surface area (Å²) in [4.78, 5) is 0. The molecule has 3 aromatic rings. The van der Waals surface area contributed by atoms with E-state index in [0.29, 0.717) is 6.04 Å². The molecule has 19 heavy (non-hydrogen) atoms. The van der Waals surface area contributed by atoms with Gasteiger partial charge in [0.1, 0.15) is 0 Å². The van der Waals surface area contributed by atoms with Crippen molar-refractivity contribution in [1.29, 1.82) is 0 Å². The number of nitrogens with one attached hydrogen (secondary N) is 1. The molecule has 1 saturated heterocycles. The highest BCUT2D eigenvalue weighted by Gasteiger charge is 2.19. The fourth-order valence-corrected chi connectivity index (χ4v) is 3.20. The lowest BCUT2D eigenvalue weighted by molar-refractivity contribution is 0.383. The summed E-state index contributed by atoms with van der Waals surface area (Å²) in [6.07, 6.45) is 1.26. The third-order valence-corrected chi connectivity index (χ3v) is 4.34. The number of fused-ring (bicyclic) bond motifs is 3. The third-order valence-electron chi connectivity index (χ3n) is 4.34. The quantitative estimate of drug-likeness (QED) is 0.731. The van der Waals surface area contributed by atoms with Gasteiger partial charge in [0.15, 0.2) is 0 Å². The first-order valence-electron chi connectivity index (χ1n) is 7.13. The van der Waals surface area contributed by atoms with Crippen molar-refractivity contribution < 1.29 is 0 Å². The molecule has 2 aromatic carbocycles. The minimum atomic E-state index is 0.563. The number of rotatable bonds is 2. The molecular formula is C17H18N2. The Labute approximate surface area is 113 Å². The Kier molecular flexibility index (Phi) is 2.39. The predicted octanol–water partition coefficient (Wildman–Crippen LogP) is 3.85. The maximum absolute atomic E-state index is 3.49. The third kappa shape index (κ3) is 1.53. The molecule has 1 atom stereocenters. The maximum atomic E-state index is 3.49. The van der Waals surface area contributed by atoms with Gasteiger partial charge in [-0.05, 0) is 43.7 Å². The second kappa shape index (κ2) is 4.10. The molecule has 0 spiro atoms. The van der Waals surface area contributed by atoms with Gasteiger partial charge in [0.25, 0.3) is 0 Å². The van der Waals surface area contributed by atoms with Gasteiger partial charge in [0, 0.05) is 34.4 Å². The molecule has 1 N–H and O–H groups in total. The van der Waals surface area contributed by atoms with Crippen LogP contribution in [0.1, 0.15) is 24.9 Å². The van der Waals surface area contributed by atoms with E-state index in [-0.39, 0.29) is 0 Å². The van der Waals surface area contributed by atoms with E-state index >= 15 is 0 Å². The Morgan fingerprint density at radius 2 is 1.89 bits per heavy atom. The van der Waals surface area contributed by atoms with Crippen LogP contribution < -0.4 is 5.32 Å². The molecule has 0 bridgehead atoms. The van der Waals surface area contributed by atoms with Crippen LogP contribution >= 0.6 is 0 Å². The number of para-hydroxylation sites is 1. The van der Waals surface area contributed by atoms with Gasteiger partial charge in [0.05, 0.1) is 0 Å². The number of hydrogen-bond acceptors (Lipinski definition) is 1. The Morgan fingerprint density at radius 3 is 2.63 bits per heavy atom. The number of benzene rings is 2. The molecule has 1 fully saturated rings. The molecule has 4 rings (SSSR count). The summed E-state index contributed by atoms with van der Waals surface area (Å²) in [5.41, 5.74) is 4.13. The molecule has 0 amide bonds. The largest absolute Gasteiger partial charge is 0.341 e. The minimum absolute atomic E-state index is 0.563. The molecule has 0 saturated carbocycles. The van der Waals surface area contributed by atoms with Gasteiger partial charge in [-0.2, -0.15) is 0 Å². The number of aromatic nitrogens is 1. The molecule has 0 unspecified atom stereocenters. The van der Waals surface area contributed by atoms with Gasteiger partial charge in [0.2, 0.25) is 0 Å². The van der Waals surface area contributed by atoms with Crippen LogP contribution in [0.25, 0.3) is 21.8 Å². The number of hydrogen-bond donors (Lipinski definition) is 1. The Hall–Kier alpha value is -1.80. The van der Waals surface area contributed by atoms with Gasteiger partial charge in [-0.15, -0.1) is 0 Å². The second-order valence-electron chi connectivity index (χ2n) is 5.33. The van der Waals surface area contributed by atoms with Crippen LogP contribution in [0.2, 0.25) is 0 Å². The molecule has 0 aliphatic carbocycles. The molecule has 1 aromatic heterocycles. The molecule has 0 radical (unpaired) electrons. The molecule has 96 valence electrons. The molecule has 1 aliphatic rings. The zero-order chi connectivity index (χ0) is 12.8. The lowest BCUT2D eigenvalue weighted by Crippen LogP contribution is -2.34. The second-order valence-corrected chi connectivity index (χ2v) is 5.33. The van der Waals surface area contributed by atoms with E-state index < -0.39 is 0 Å². The van der Waals surface area contributed by atoms with E-state index in [9.17, 15) is 0 Å². The Bertz CT molecular complexity index is 750. The normalized spacial score (nSPS) is 18.9. The first-order valence-corrected chi connectivity index (χ1v) is 7.13. The Balaban J connectivity index is 2.04. The van der Waals surface area contributed by atoms with E-state index in [4.69, 9.17) is 0 Å². The highest BCUT2D eigenvalue weighted by Crippen LogP contribution is 2.32. The summed E-state index contributed by atoms with van der Waals surface area (Å²) in [7, 11) is 0. The highest BCUT2D eigenvalue weighted by molar-refractivity contribution is 6.08. The van der Waals surface area contributed by atoms with E-state index in [1.807, 2.05) is 0 Å². The topological polar surface area (TPSA) is 17.0 Å². The van der Waals surface area contributed by atoms with Crippen LogP contribution in [0.5, 0.6) is 0 Å². The zero-order valence-corrected chi connectivity index (χ0v) is 11.2.